The van der Waals surface area contributed by atoms with Gasteiger partial charge in [0.1, 0.15) is 11.6 Å². The number of halogens is 1. The second-order valence-electron chi connectivity index (χ2n) is 6.84. The molecule has 2 heterocycles. The first-order chi connectivity index (χ1) is 13.0. The number of nitrogens with zero attached hydrogens (tertiary/aromatic N) is 3. The largest absolute Gasteiger partial charge is 0.320 e. The molecule has 0 spiro atoms. The zero-order chi connectivity index (χ0) is 19.8. The molecule has 1 fully saturated rings. The average molecular weight is 375 g/mol. The van der Waals surface area contributed by atoms with Gasteiger partial charge in [0.05, 0.1) is 11.7 Å². The third kappa shape index (κ3) is 5.16. The smallest absolute Gasteiger partial charge is 0.244 e. The zero-order valence-electron chi connectivity index (χ0n) is 16.6. The van der Waals surface area contributed by atoms with Gasteiger partial charge in [-0.05, 0) is 25.0 Å². The van der Waals surface area contributed by atoms with Gasteiger partial charge in [-0.1, -0.05) is 40.0 Å². The predicted molar refractivity (Wildman–Crippen MR) is 108 cm³/mol. The fourth-order valence-corrected chi connectivity index (χ4v) is 3.14. The summed E-state index contributed by atoms with van der Waals surface area (Å²) >= 11 is 0. The second-order valence-corrected chi connectivity index (χ2v) is 6.84. The minimum absolute atomic E-state index is 0.221. The maximum Gasteiger partial charge on any atom is 0.244 e. The molecule has 27 heavy (non-hydrogen) atoms. The molecular formula is C21H31FN4O. The van der Waals surface area contributed by atoms with Gasteiger partial charge in [0.15, 0.2) is 0 Å². The van der Waals surface area contributed by atoms with E-state index in [0.717, 1.165) is 18.7 Å². The lowest BCUT2D eigenvalue weighted by Crippen LogP contribution is -2.34. The molecule has 1 aliphatic rings. The number of nitrogens with two attached hydrogens (primary N) is 1. The summed E-state index contributed by atoms with van der Waals surface area (Å²) in [5.74, 6) is 0.256. The number of rotatable bonds is 6. The van der Waals surface area contributed by atoms with Crippen molar-refractivity contribution in [2.45, 2.75) is 65.3 Å². The average Bonchev–Trinajstić information content (AvgIpc) is 3.24. The van der Waals surface area contributed by atoms with Crippen LogP contribution in [-0.4, -0.2) is 28.0 Å². The van der Waals surface area contributed by atoms with Gasteiger partial charge in [-0.25, -0.2) is 9.37 Å². The first kappa shape index (κ1) is 21.1. The highest BCUT2D eigenvalue weighted by Gasteiger charge is 2.31. The number of hydrogen-bond acceptors (Lipinski definition) is 3. The standard InChI is InChI=1S/C16H19FN4O.C5H12/c1-2-3-15-19-7-9-20(15)11-4-5-14(12(17)10-11)21-8-6-13(18)16(21)22;1-3-5-4-2/h4-5,7,9-10,13H,2-3,6,8,18H2,1H3;3-5H2,1-2H3. The molecule has 148 valence electrons. The summed E-state index contributed by atoms with van der Waals surface area (Å²) in [5, 5.41) is 0. The number of anilines is 1. The van der Waals surface area contributed by atoms with Crippen molar-refractivity contribution in [1.82, 2.24) is 9.55 Å². The van der Waals surface area contributed by atoms with Crippen molar-refractivity contribution in [1.29, 1.82) is 0 Å². The number of hydrogen-bond donors (Lipinski definition) is 1. The zero-order valence-corrected chi connectivity index (χ0v) is 16.6. The molecule has 3 rings (SSSR count). The van der Waals surface area contributed by atoms with Crippen LogP contribution in [0.15, 0.2) is 30.6 Å². The van der Waals surface area contributed by atoms with Gasteiger partial charge in [-0.15, -0.1) is 0 Å². The Morgan fingerprint density at radius 1 is 1.22 bits per heavy atom. The highest BCUT2D eigenvalue weighted by atomic mass is 19.1. The monoisotopic (exact) mass is 374 g/mol. The summed E-state index contributed by atoms with van der Waals surface area (Å²) in [6.45, 7) is 6.96. The molecule has 1 aromatic carbocycles. The Morgan fingerprint density at radius 2 is 1.96 bits per heavy atom. The molecule has 1 amide bonds. The predicted octanol–water partition coefficient (Wildman–Crippen LogP) is 4.22. The summed E-state index contributed by atoms with van der Waals surface area (Å²) in [7, 11) is 0. The van der Waals surface area contributed by atoms with Gasteiger partial charge in [-0.3, -0.25) is 4.79 Å². The molecule has 1 unspecified atom stereocenters. The number of aryl methyl sites for hydroxylation is 1. The minimum Gasteiger partial charge on any atom is -0.320 e. The second kappa shape index (κ2) is 10.2. The van der Waals surface area contributed by atoms with Gasteiger partial charge in [-0.2, -0.15) is 0 Å². The van der Waals surface area contributed by atoms with E-state index in [1.165, 1.54) is 30.2 Å². The van der Waals surface area contributed by atoms with Crippen molar-refractivity contribution in [3.63, 3.8) is 0 Å². The molecule has 2 aromatic rings. The first-order valence-corrected chi connectivity index (χ1v) is 9.92. The van der Waals surface area contributed by atoms with E-state index in [1.54, 1.807) is 18.3 Å². The summed E-state index contributed by atoms with van der Waals surface area (Å²) in [6.07, 6.45) is 9.96. The Bertz CT molecular complexity index is 742. The third-order valence-corrected chi connectivity index (χ3v) is 4.65. The van der Waals surface area contributed by atoms with Crippen molar-refractivity contribution < 1.29 is 9.18 Å². The van der Waals surface area contributed by atoms with E-state index < -0.39 is 11.9 Å². The normalized spacial score (nSPS) is 16.4. The van der Waals surface area contributed by atoms with Crippen LogP contribution in [0, 0.1) is 5.82 Å². The molecule has 1 saturated heterocycles. The van der Waals surface area contributed by atoms with Crippen molar-refractivity contribution in [2.24, 2.45) is 5.73 Å². The van der Waals surface area contributed by atoms with Crippen LogP contribution < -0.4 is 10.6 Å². The molecule has 5 nitrogen and oxygen atoms in total. The molecule has 0 radical (unpaired) electrons. The Labute approximate surface area is 161 Å². The van der Waals surface area contributed by atoms with Crippen LogP contribution in [0.1, 0.15) is 58.7 Å². The summed E-state index contributed by atoms with van der Waals surface area (Å²) in [5.41, 5.74) is 6.69. The van der Waals surface area contributed by atoms with E-state index >= 15 is 0 Å². The van der Waals surface area contributed by atoms with Crippen molar-refractivity contribution in [3.05, 3.63) is 42.2 Å². The molecule has 1 aliphatic heterocycles. The lowest BCUT2D eigenvalue weighted by Gasteiger charge is -2.18. The number of carbonyl (C=O) groups is 1. The van der Waals surface area contributed by atoms with Crippen LogP contribution >= 0.6 is 0 Å². The van der Waals surface area contributed by atoms with Crippen LogP contribution in [-0.2, 0) is 11.2 Å². The minimum atomic E-state index is -0.524. The molecule has 0 saturated carbocycles. The third-order valence-electron chi connectivity index (χ3n) is 4.65. The highest BCUT2D eigenvalue weighted by Crippen LogP contribution is 2.26. The van der Waals surface area contributed by atoms with Crippen molar-refractivity contribution >= 4 is 11.6 Å². The van der Waals surface area contributed by atoms with Crippen LogP contribution in [0.3, 0.4) is 0 Å². The summed E-state index contributed by atoms with van der Waals surface area (Å²) in [6, 6.07) is 4.35. The van der Waals surface area contributed by atoms with Gasteiger partial charge in [0.2, 0.25) is 5.91 Å². The molecule has 1 atom stereocenters. The highest BCUT2D eigenvalue weighted by molar-refractivity contribution is 5.99. The molecule has 2 N–H and O–H groups in total. The van der Waals surface area contributed by atoms with Crippen LogP contribution in [0.4, 0.5) is 10.1 Å². The number of amides is 1. The fourth-order valence-electron chi connectivity index (χ4n) is 3.14. The number of imidazole rings is 1. The van der Waals surface area contributed by atoms with Crippen LogP contribution in [0.25, 0.3) is 5.69 Å². The van der Waals surface area contributed by atoms with E-state index in [4.69, 9.17) is 5.73 Å². The topological polar surface area (TPSA) is 64.2 Å². The van der Waals surface area contributed by atoms with E-state index in [9.17, 15) is 9.18 Å². The number of benzene rings is 1. The van der Waals surface area contributed by atoms with Crippen molar-refractivity contribution in [2.75, 3.05) is 11.4 Å². The van der Waals surface area contributed by atoms with Gasteiger partial charge in [0, 0.05) is 37.1 Å². The lowest BCUT2D eigenvalue weighted by atomic mass is 10.2. The number of aromatic nitrogens is 2. The van der Waals surface area contributed by atoms with Gasteiger partial charge in [0.25, 0.3) is 0 Å². The Hall–Kier alpha value is -2.21. The van der Waals surface area contributed by atoms with Crippen LogP contribution in [0.2, 0.25) is 0 Å². The lowest BCUT2D eigenvalue weighted by molar-refractivity contribution is -0.118. The van der Waals surface area contributed by atoms with E-state index in [2.05, 4.69) is 25.8 Å². The van der Waals surface area contributed by atoms with Gasteiger partial charge < -0.3 is 15.2 Å². The maximum atomic E-state index is 14.4. The number of unbranched alkanes of at least 4 members (excludes halogenated alkanes) is 2. The van der Waals surface area contributed by atoms with E-state index in [0.29, 0.717) is 24.3 Å². The fraction of sp³-hybridized carbons (Fsp3) is 0.524. The SMILES string of the molecule is CCCCC.CCCc1nccn1-c1ccc(N2CCC(N)C2=O)c(F)c1. The maximum absolute atomic E-state index is 14.4. The molecule has 0 bridgehead atoms. The first-order valence-electron chi connectivity index (χ1n) is 9.92. The molecule has 0 aliphatic carbocycles. The summed E-state index contributed by atoms with van der Waals surface area (Å²) in [4.78, 5) is 17.6. The molecular weight excluding hydrogens is 343 g/mol. The Balaban J connectivity index is 0.000000465. The molecule has 1 aromatic heterocycles. The Morgan fingerprint density at radius 3 is 2.48 bits per heavy atom. The quantitative estimate of drug-likeness (QED) is 0.823. The summed E-state index contributed by atoms with van der Waals surface area (Å²) < 4.78 is 16.3. The van der Waals surface area contributed by atoms with Crippen LogP contribution in [0.5, 0.6) is 0 Å². The van der Waals surface area contributed by atoms with E-state index in [1.807, 2.05) is 10.8 Å². The van der Waals surface area contributed by atoms with Gasteiger partial charge >= 0.3 is 0 Å². The Kier molecular flexibility index (Phi) is 7.98. The van der Waals surface area contributed by atoms with E-state index in [-0.39, 0.29) is 5.91 Å². The molecule has 6 heteroatoms. The van der Waals surface area contributed by atoms with Crippen molar-refractivity contribution in [3.8, 4) is 5.69 Å². The number of carbonyl (C=O) groups excluding carboxylic acids is 1.